The minimum atomic E-state index is -1.06. The molecule has 0 amide bonds. The largest absolute Gasteiger partial charge is 0.493 e. The van der Waals surface area contributed by atoms with Crippen LogP contribution in [0.2, 0.25) is 5.02 Å². The fourth-order valence-corrected chi connectivity index (χ4v) is 3.64. The number of carboxylic acids is 1. The van der Waals surface area contributed by atoms with E-state index in [4.69, 9.17) is 16.3 Å². The average Bonchev–Trinajstić information content (AvgIpc) is 3.12. The third-order valence-corrected chi connectivity index (χ3v) is 5.30. The molecule has 1 aromatic heterocycles. The van der Waals surface area contributed by atoms with E-state index in [-0.39, 0.29) is 4.91 Å². The van der Waals surface area contributed by atoms with Gasteiger partial charge in [-0.2, -0.15) is 0 Å². The molecule has 0 aliphatic rings. The van der Waals surface area contributed by atoms with E-state index < -0.39 is 5.97 Å². The van der Waals surface area contributed by atoms with Crippen LogP contribution in [-0.2, 0) is 4.79 Å². The molecular formula is C19H15BrClN3O3S. The monoisotopic (exact) mass is 479 g/mol. The first kappa shape index (κ1) is 20.4. The Kier molecular flexibility index (Phi) is 6.77. The maximum Gasteiger partial charge on any atom is 0.342 e. The molecule has 144 valence electrons. The molecule has 0 saturated heterocycles. The number of carboxylic acid groups (broad SMARTS) is 1. The second-order valence-corrected chi connectivity index (χ2v) is 7.81. The van der Waals surface area contributed by atoms with Crippen LogP contribution in [0.15, 0.2) is 57.0 Å². The van der Waals surface area contributed by atoms with Gasteiger partial charge in [0.2, 0.25) is 5.16 Å². The zero-order valence-corrected chi connectivity index (χ0v) is 17.8. The van der Waals surface area contributed by atoms with E-state index in [1.807, 2.05) is 19.1 Å². The highest BCUT2D eigenvalue weighted by Crippen LogP contribution is 2.31. The predicted octanol–water partition coefficient (Wildman–Crippen LogP) is 5.50. The molecule has 0 spiro atoms. The van der Waals surface area contributed by atoms with Gasteiger partial charge in [0.05, 0.1) is 11.1 Å². The maximum absolute atomic E-state index is 11.7. The maximum atomic E-state index is 11.7. The van der Waals surface area contributed by atoms with Gasteiger partial charge >= 0.3 is 5.97 Å². The number of nitrogens with zero attached hydrogens (tertiary/aromatic N) is 2. The summed E-state index contributed by atoms with van der Waals surface area (Å²) in [6.45, 7) is 2.44. The van der Waals surface area contributed by atoms with Crippen molar-refractivity contribution in [3.05, 3.63) is 62.4 Å². The van der Waals surface area contributed by atoms with Crippen LogP contribution in [0, 0.1) is 0 Å². The Morgan fingerprint density at radius 2 is 2.07 bits per heavy atom. The Morgan fingerprint density at radius 1 is 1.32 bits per heavy atom. The lowest BCUT2D eigenvalue weighted by Gasteiger charge is -2.06. The van der Waals surface area contributed by atoms with Gasteiger partial charge in [-0.25, -0.2) is 9.78 Å². The van der Waals surface area contributed by atoms with E-state index in [0.29, 0.717) is 33.9 Å². The zero-order chi connectivity index (χ0) is 20.1. The molecular weight excluding hydrogens is 466 g/mol. The first-order valence-electron chi connectivity index (χ1n) is 8.20. The molecule has 0 atom stereocenters. The Morgan fingerprint density at radius 3 is 2.71 bits per heavy atom. The molecule has 0 bridgehead atoms. The van der Waals surface area contributed by atoms with Crippen LogP contribution >= 0.6 is 39.3 Å². The first-order chi connectivity index (χ1) is 13.5. The predicted molar refractivity (Wildman–Crippen MR) is 114 cm³/mol. The van der Waals surface area contributed by atoms with Crippen LogP contribution in [-0.4, -0.2) is 32.9 Å². The number of benzene rings is 2. The van der Waals surface area contributed by atoms with Crippen molar-refractivity contribution in [3.8, 4) is 17.1 Å². The van der Waals surface area contributed by atoms with Crippen molar-refractivity contribution in [2.24, 2.45) is 0 Å². The van der Waals surface area contributed by atoms with E-state index in [1.54, 1.807) is 36.4 Å². The molecule has 3 rings (SSSR count). The summed E-state index contributed by atoms with van der Waals surface area (Å²) in [4.78, 5) is 16.1. The average molecular weight is 481 g/mol. The van der Waals surface area contributed by atoms with Crippen LogP contribution in [0.1, 0.15) is 12.5 Å². The molecule has 2 N–H and O–H groups in total. The second-order valence-electron chi connectivity index (χ2n) is 5.51. The summed E-state index contributed by atoms with van der Waals surface area (Å²) in [7, 11) is 0. The van der Waals surface area contributed by atoms with Gasteiger partial charge in [0, 0.05) is 10.6 Å². The van der Waals surface area contributed by atoms with Crippen LogP contribution in [0.5, 0.6) is 5.75 Å². The van der Waals surface area contributed by atoms with Gasteiger partial charge in [-0.05, 0) is 82.7 Å². The number of hydrogen-bond donors (Lipinski definition) is 2. The quantitative estimate of drug-likeness (QED) is 0.343. The molecule has 2 aromatic carbocycles. The summed E-state index contributed by atoms with van der Waals surface area (Å²) in [6.07, 6.45) is 1.56. The van der Waals surface area contributed by atoms with Gasteiger partial charge in [0.1, 0.15) is 10.7 Å². The highest BCUT2D eigenvalue weighted by atomic mass is 79.9. The zero-order valence-electron chi connectivity index (χ0n) is 14.6. The summed E-state index contributed by atoms with van der Waals surface area (Å²) in [5.41, 5.74) is 1.52. The Labute approximate surface area is 179 Å². The number of hydrogen-bond acceptors (Lipinski definition) is 5. The van der Waals surface area contributed by atoms with E-state index in [1.165, 1.54) is 0 Å². The molecule has 6 nitrogen and oxygen atoms in total. The molecule has 9 heteroatoms. The van der Waals surface area contributed by atoms with Crippen molar-refractivity contribution < 1.29 is 14.6 Å². The molecule has 0 radical (unpaired) electrons. The van der Waals surface area contributed by atoms with Crippen LogP contribution in [0.3, 0.4) is 0 Å². The minimum absolute atomic E-state index is 0.0951. The van der Waals surface area contributed by atoms with E-state index in [9.17, 15) is 9.90 Å². The molecule has 1 heterocycles. The number of aromatic nitrogens is 3. The molecule has 3 aromatic rings. The first-order valence-corrected chi connectivity index (χ1v) is 10.2. The fourth-order valence-electron chi connectivity index (χ4n) is 2.29. The number of nitrogens with one attached hydrogen (secondary N) is 1. The number of aliphatic carboxylic acids is 1. The minimum Gasteiger partial charge on any atom is -0.493 e. The standard InChI is InChI=1S/C19H15BrClN3O3S/c1-2-27-15-8-3-11(9-14(15)20)10-16(18(25)26)28-19-22-17(23-24-19)12-4-6-13(21)7-5-12/h3-10H,2H2,1H3,(H,25,26)(H,22,23,24)/b16-10-. The normalized spacial score (nSPS) is 11.5. The van der Waals surface area contributed by atoms with Crippen molar-refractivity contribution in [3.63, 3.8) is 0 Å². The fraction of sp³-hybridized carbons (Fsp3) is 0.105. The molecule has 28 heavy (non-hydrogen) atoms. The smallest absolute Gasteiger partial charge is 0.342 e. The van der Waals surface area contributed by atoms with E-state index >= 15 is 0 Å². The number of H-pyrrole nitrogens is 1. The van der Waals surface area contributed by atoms with Crippen molar-refractivity contribution >= 4 is 51.3 Å². The van der Waals surface area contributed by atoms with Crippen LogP contribution in [0.25, 0.3) is 17.5 Å². The van der Waals surface area contributed by atoms with Crippen LogP contribution in [0.4, 0.5) is 0 Å². The summed E-state index contributed by atoms with van der Waals surface area (Å²) in [5, 5.41) is 17.4. The van der Waals surface area contributed by atoms with Gasteiger partial charge in [0.15, 0.2) is 5.82 Å². The SMILES string of the molecule is CCOc1ccc(/C=C(\Sc2n[nH]c(-c3ccc(Cl)cc3)n2)C(=O)O)cc1Br. The lowest BCUT2D eigenvalue weighted by atomic mass is 10.2. The van der Waals surface area contributed by atoms with Gasteiger partial charge in [-0.3, -0.25) is 5.10 Å². The van der Waals surface area contributed by atoms with Crippen LogP contribution < -0.4 is 4.74 Å². The van der Waals surface area contributed by atoms with Gasteiger partial charge in [0.25, 0.3) is 0 Å². The lowest BCUT2D eigenvalue weighted by molar-refractivity contribution is -0.131. The number of rotatable bonds is 7. The van der Waals surface area contributed by atoms with Gasteiger partial charge in [-0.15, -0.1) is 5.10 Å². The lowest BCUT2D eigenvalue weighted by Crippen LogP contribution is -1.97. The second kappa shape index (κ2) is 9.27. The highest BCUT2D eigenvalue weighted by Gasteiger charge is 2.15. The highest BCUT2D eigenvalue weighted by molar-refractivity contribution is 9.10. The van der Waals surface area contributed by atoms with Gasteiger partial charge < -0.3 is 9.84 Å². The molecule has 0 fully saturated rings. The van der Waals surface area contributed by atoms with Gasteiger partial charge in [-0.1, -0.05) is 17.7 Å². The summed E-state index contributed by atoms with van der Waals surface area (Å²) < 4.78 is 6.22. The van der Waals surface area contributed by atoms with E-state index in [2.05, 4.69) is 31.1 Å². The number of halogens is 2. The summed E-state index contributed by atoms with van der Waals surface area (Å²) in [6, 6.07) is 12.5. The Balaban J connectivity index is 1.82. The molecule has 0 unspecified atom stereocenters. The topological polar surface area (TPSA) is 88.1 Å². The summed E-state index contributed by atoms with van der Waals surface area (Å²) in [5.74, 6) is 0.173. The van der Waals surface area contributed by atoms with Crippen molar-refractivity contribution in [1.82, 2.24) is 15.2 Å². The third kappa shape index (κ3) is 5.15. The van der Waals surface area contributed by atoms with Crippen molar-refractivity contribution in [2.45, 2.75) is 12.1 Å². The number of ether oxygens (including phenoxy) is 1. The third-order valence-electron chi connectivity index (χ3n) is 3.55. The Hall–Kier alpha value is -2.29. The number of thioether (sulfide) groups is 1. The molecule has 0 aliphatic heterocycles. The number of aromatic amines is 1. The Bertz CT molecular complexity index is 1020. The molecule has 0 saturated carbocycles. The van der Waals surface area contributed by atoms with Crippen molar-refractivity contribution in [1.29, 1.82) is 0 Å². The van der Waals surface area contributed by atoms with E-state index in [0.717, 1.165) is 21.8 Å². The summed E-state index contributed by atoms with van der Waals surface area (Å²) >= 11 is 10.3. The van der Waals surface area contributed by atoms with Crippen molar-refractivity contribution in [2.75, 3.05) is 6.61 Å². The molecule has 0 aliphatic carbocycles. The number of carbonyl (C=O) groups is 1.